The van der Waals surface area contributed by atoms with Gasteiger partial charge in [-0.05, 0) is 45.1 Å². The summed E-state index contributed by atoms with van der Waals surface area (Å²) in [4.78, 5) is 9.94. The third-order valence-corrected chi connectivity index (χ3v) is 5.31. The van der Waals surface area contributed by atoms with Gasteiger partial charge in [0.2, 0.25) is 0 Å². The average molecular weight is 495 g/mol. The number of nitrogens with one attached hydrogen (secondary N) is 2. The van der Waals surface area contributed by atoms with Gasteiger partial charge in [0, 0.05) is 45.3 Å². The number of morpholine rings is 1. The summed E-state index contributed by atoms with van der Waals surface area (Å²) in [7, 11) is 0. The van der Waals surface area contributed by atoms with Crippen LogP contribution in [0.5, 0.6) is 0 Å². The molecule has 2 heterocycles. The normalized spacial score (nSPS) is 23.7. The van der Waals surface area contributed by atoms with Crippen LogP contribution in [-0.4, -0.2) is 87.4 Å². The first-order valence-corrected chi connectivity index (χ1v) is 10.6. The Morgan fingerprint density at radius 2 is 1.89 bits per heavy atom. The summed E-state index contributed by atoms with van der Waals surface area (Å²) in [5.41, 5.74) is 0. The Bertz CT molecular complexity index is 415. The number of likely N-dealkylation sites (tertiary alicyclic amines) is 1. The molecule has 0 aromatic carbocycles. The number of rotatable bonds is 8. The molecule has 6 nitrogen and oxygen atoms in total. The van der Waals surface area contributed by atoms with Crippen LogP contribution in [0.1, 0.15) is 40.5 Å². The predicted molar refractivity (Wildman–Crippen MR) is 125 cm³/mol. The van der Waals surface area contributed by atoms with E-state index in [1.54, 1.807) is 0 Å². The van der Waals surface area contributed by atoms with Crippen LogP contribution in [0.2, 0.25) is 0 Å². The fourth-order valence-corrected chi connectivity index (χ4v) is 3.94. The summed E-state index contributed by atoms with van der Waals surface area (Å²) in [5, 5.41) is 7.00. The summed E-state index contributed by atoms with van der Waals surface area (Å²) < 4.78 is 5.45. The molecule has 7 heteroatoms. The predicted octanol–water partition coefficient (Wildman–Crippen LogP) is 2.25. The maximum Gasteiger partial charge on any atom is 0.191 e. The molecule has 0 spiro atoms. The van der Waals surface area contributed by atoms with Crippen LogP contribution in [0.25, 0.3) is 0 Å². The van der Waals surface area contributed by atoms with E-state index in [9.17, 15) is 0 Å². The molecule has 0 aliphatic carbocycles. The molecular weight excluding hydrogens is 453 g/mol. The summed E-state index contributed by atoms with van der Waals surface area (Å²) in [6.07, 6.45) is 2.64. The van der Waals surface area contributed by atoms with Crippen LogP contribution in [0.4, 0.5) is 0 Å². The second kappa shape index (κ2) is 14.0. The molecular formula is C20H42IN5O. The number of halogens is 1. The highest BCUT2D eigenvalue weighted by Gasteiger charge is 2.21. The minimum Gasteiger partial charge on any atom is -0.379 e. The van der Waals surface area contributed by atoms with Crippen molar-refractivity contribution in [2.45, 2.75) is 46.6 Å². The molecule has 0 aromatic rings. The van der Waals surface area contributed by atoms with Gasteiger partial charge >= 0.3 is 0 Å². The zero-order chi connectivity index (χ0) is 18.8. The summed E-state index contributed by atoms with van der Waals surface area (Å²) >= 11 is 0. The van der Waals surface area contributed by atoms with Crippen LogP contribution in [0, 0.1) is 11.8 Å². The molecule has 0 aromatic heterocycles. The molecule has 27 heavy (non-hydrogen) atoms. The van der Waals surface area contributed by atoms with E-state index < -0.39 is 0 Å². The Kier molecular flexibility index (Phi) is 12.9. The Hall–Kier alpha value is -0.120. The van der Waals surface area contributed by atoms with Gasteiger partial charge in [0.1, 0.15) is 0 Å². The fraction of sp³-hybridized carbons (Fsp3) is 0.950. The summed E-state index contributed by atoms with van der Waals surface area (Å²) in [6.45, 7) is 19.2. The van der Waals surface area contributed by atoms with E-state index >= 15 is 0 Å². The van der Waals surface area contributed by atoms with E-state index in [4.69, 9.17) is 9.73 Å². The van der Waals surface area contributed by atoms with E-state index in [1.807, 2.05) is 0 Å². The third kappa shape index (κ3) is 9.76. The fourth-order valence-electron chi connectivity index (χ4n) is 3.94. The molecule has 0 saturated carbocycles. The van der Waals surface area contributed by atoms with Crippen LogP contribution < -0.4 is 10.6 Å². The SMILES string of the molecule is CCNC(=NCC(C)N1CCOCC1)NCC1CCCN(CC(C)C)C1.I. The average Bonchev–Trinajstić information content (AvgIpc) is 2.64. The minimum absolute atomic E-state index is 0. The molecule has 2 N–H and O–H groups in total. The topological polar surface area (TPSA) is 52.1 Å². The van der Waals surface area contributed by atoms with Gasteiger partial charge in [0.15, 0.2) is 5.96 Å². The molecule has 2 rings (SSSR count). The van der Waals surface area contributed by atoms with Crippen molar-refractivity contribution >= 4 is 29.9 Å². The largest absolute Gasteiger partial charge is 0.379 e. The maximum absolute atomic E-state index is 5.45. The number of hydrogen-bond donors (Lipinski definition) is 2. The lowest BCUT2D eigenvalue weighted by molar-refractivity contribution is 0.0220. The van der Waals surface area contributed by atoms with Gasteiger partial charge in [0.25, 0.3) is 0 Å². The number of guanidine groups is 1. The third-order valence-electron chi connectivity index (χ3n) is 5.31. The first-order valence-electron chi connectivity index (χ1n) is 10.6. The lowest BCUT2D eigenvalue weighted by atomic mass is 9.97. The van der Waals surface area contributed by atoms with Crippen LogP contribution in [0.15, 0.2) is 4.99 Å². The van der Waals surface area contributed by atoms with Crippen molar-refractivity contribution in [2.75, 3.05) is 65.6 Å². The van der Waals surface area contributed by atoms with Crippen molar-refractivity contribution in [2.24, 2.45) is 16.8 Å². The molecule has 2 saturated heterocycles. The smallest absolute Gasteiger partial charge is 0.191 e. The Morgan fingerprint density at radius 3 is 2.56 bits per heavy atom. The standard InChI is InChI=1S/C20H41N5O.HI/c1-5-21-20(22-13-18(4)25-9-11-26-12-10-25)23-14-19-7-6-8-24(16-19)15-17(2)3;/h17-19H,5-16H2,1-4H3,(H2,21,22,23);1H. The van der Waals surface area contributed by atoms with Gasteiger partial charge in [-0.1, -0.05) is 13.8 Å². The molecule has 2 unspecified atom stereocenters. The number of piperidine rings is 1. The quantitative estimate of drug-likeness (QED) is 0.308. The first kappa shape index (κ1) is 24.9. The highest BCUT2D eigenvalue weighted by molar-refractivity contribution is 14.0. The lowest BCUT2D eigenvalue weighted by Gasteiger charge is -2.34. The summed E-state index contributed by atoms with van der Waals surface area (Å²) in [6, 6.07) is 0.463. The van der Waals surface area contributed by atoms with Gasteiger partial charge in [-0.2, -0.15) is 0 Å². The summed E-state index contributed by atoms with van der Waals surface area (Å²) in [5.74, 6) is 2.44. The highest BCUT2D eigenvalue weighted by atomic mass is 127. The van der Waals surface area contributed by atoms with Crippen LogP contribution in [0.3, 0.4) is 0 Å². The molecule has 2 aliphatic rings. The molecule has 2 aliphatic heterocycles. The van der Waals surface area contributed by atoms with E-state index in [0.717, 1.165) is 63.7 Å². The molecule has 2 fully saturated rings. The number of ether oxygens (including phenoxy) is 1. The maximum atomic E-state index is 5.45. The van der Waals surface area contributed by atoms with Crippen molar-refractivity contribution in [3.05, 3.63) is 0 Å². The Labute approximate surface area is 183 Å². The minimum atomic E-state index is 0. The van der Waals surface area contributed by atoms with E-state index in [1.165, 1.54) is 32.5 Å². The second-order valence-corrected chi connectivity index (χ2v) is 8.26. The number of aliphatic imine (C=N–C) groups is 1. The van der Waals surface area contributed by atoms with Crippen LogP contribution >= 0.6 is 24.0 Å². The number of hydrogen-bond acceptors (Lipinski definition) is 4. The molecule has 160 valence electrons. The molecule has 0 bridgehead atoms. The van der Waals surface area contributed by atoms with Crippen molar-refractivity contribution < 1.29 is 4.74 Å². The van der Waals surface area contributed by atoms with Gasteiger partial charge in [0.05, 0.1) is 19.8 Å². The van der Waals surface area contributed by atoms with Crippen molar-refractivity contribution in [3.63, 3.8) is 0 Å². The van der Waals surface area contributed by atoms with E-state index in [-0.39, 0.29) is 24.0 Å². The van der Waals surface area contributed by atoms with Crippen molar-refractivity contribution in [1.29, 1.82) is 0 Å². The molecule has 0 radical (unpaired) electrons. The van der Waals surface area contributed by atoms with Crippen LogP contribution in [-0.2, 0) is 4.74 Å². The first-order chi connectivity index (χ1) is 12.6. The van der Waals surface area contributed by atoms with E-state index in [2.05, 4.69) is 48.1 Å². The lowest BCUT2D eigenvalue weighted by Crippen LogP contribution is -2.46. The van der Waals surface area contributed by atoms with Gasteiger partial charge in [-0.25, -0.2) is 0 Å². The monoisotopic (exact) mass is 495 g/mol. The Balaban J connectivity index is 0.00000364. The van der Waals surface area contributed by atoms with Gasteiger partial charge in [-0.15, -0.1) is 24.0 Å². The van der Waals surface area contributed by atoms with Crippen molar-refractivity contribution in [1.82, 2.24) is 20.4 Å². The Morgan fingerprint density at radius 1 is 1.15 bits per heavy atom. The van der Waals surface area contributed by atoms with Gasteiger partial charge < -0.3 is 20.3 Å². The molecule has 0 amide bonds. The zero-order valence-electron chi connectivity index (χ0n) is 17.9. The van der Waals surface area contributed by atoms with Gasteiger partial charge in [-0.3, -0.25) is 9.89 Å². The highest BCUT2D eigenvalue weighted by Crippen LogP contribution is 2.16. The van der Waals surface area contributed by atoms with Crippen molar-refractivity contribution in [3.8, 4) is 0 Å². The second-order valence-electron chi connectivity index (χ2n) is 8.26. The number of nitrogens with zero attached hydrogens (tertiary/aromatic N) is 3. The zero-order valence-corrected chi connectivity index (χ0v) is 20.2. The van der Waals surface area contributed by atoms with E-state index in [0.29, 0.717) is 6.04 Å². The molecule has 2 atom stereocenters.